The topological polar surface area (TPSA) is 70.1 Å². The molecule has 0 spiro atoms. The van der Waals surface area contributed by atoms with Gasteiger partial charge in [0.25, 0.3) is 0 Å². The molecule has 0 unspecified atom stereocenters. The van der Waals surface area contributed by atoms with Gasteiger partial charge in [0, 0.05) is 43.0 Å². The van der Waals surface area contributed by atoms with Crippen molar-refractivity contribution in [3.8, 4) is 5.75 Å². The number of anilines is 1. The number of methoxy groups -OCH3 is 1. The van der Waals surface area contributed by atoms with E-state index in [-0.39, 0.29) is 5.91 Å². The molecule has 0 radical (unpaired) electrons. The molecule has 1 N–H and O–H groups in total. The molecular formula is C19H24N2O4. The van der Waals surface area contributed by atoms with E-state index in [0.29, 0.717) is 37.1 Å². The molecule has 1 aliphatic heterocycles. The van der Waals surface area contributed by atoms with E-state index >= 15 is 0 Å². The Kier molecular flexibility index (Phi) is 5.26. The molecule has 1 fully saturated rings. The number of aliphatic carboxylic acids is 1. The van der Waals surface area contributed by atoms with Crippen molar-refractivity contribution in [1.29, 1.82) is 0 Å². The number of hydrogen-bond donors (Lipinski definition) is 1. The number of amides is 1. The number of carbonyl (C=O) groups excluding carboxylic acids is 1. The van der Waals surface area contributed by atoms with Crippen LogP contribution in [-0.2, 0) is 9.59 Å². The van der Waals surface area contributed by atoms with Crippen molar-refractivity contribution in [2.75, 3.05) is 38.2 Å². The molecule has 1 amide bonds. The molecular weight excluding hydrogens is 320 g/mol. The molecule has 2 aliphatic rings. The zero-order chi connectivity index (χ0) is 17.8. The van der Waals surface area contributed by atoms with Crippen LogP contribution in [0.2, 0.25) is 0 Å². The van der Waals surface area contributed by atoms with E-state index in [9.17, 15) is 14.7 Å². The van der Waals surface area contributed by atoms with Crippen LogP contribution in [0.15, 0.2) is 35.4 Å². The lowest BCUT2D eigenvalue weighted by molar-refractivity contribution is -0.134. The quantitative estimate of drug-likeness (QED) is 0.907. The maximum Gasteiger partial charge on any atom is 0.332 e. The third-order valence-electron chi connectivity index (χ3n) is 4.99. The fourth-order valence-electron chi connectivity index (χ4n) is 3.53. The molecule has 0 saturated carbocycles. The largest absolute Gasteiger partial charge is 0.497 e. The highest BCUT2D eigenvalue weighted by Crippen LogP contribution is 2.27. The fourth-order valence-corrected chi connectivity index (χ4v) is 3.53. The number of nitrogens with zero attached hydrogens (tertiary/aromatic N) is 2. The van der Waals surface area contributed by atoms with Crippen LogP contribution in [0.3, 0.4) is 0 Å². The molecule has 0 aromatic heterocycles. The average molecular weight is 344 g/mol. The van der Waals surface area contributed by atoms with Crippen LogP contribution in [-0.4, -0.2) is 55.2 Å². The Hall–Kier alpha value is -2.50. The fraction of sp³-hybridized carbons (Fsp3) is 0.474. The van der Waals surface area contributed by atoms with Crippen molar-refractivity contribution in [2.45, 2.75) is 25.7 Å². The highest BCUT2D eigenvalue weighted by molar-refractivity contribution is 6.02. The lowest BCUT2D eigenvalue weighted by atomic mass is 9.90. The zero-order valence-electron chi connectivity index (χ0n) is 14.5. The Bertz CT molecular complexity index is 673. The number of piperazine rings is 1. The molecule has 134 valence electrons. The van der Waals surface area contributed by atoms with Gasteiger partial charge >= 0.3 is 5.97 Å². The third kappa shape index (κ3) is 3.78. The van der Waals surface area contributed by atoms with Gasteiger partial charge in [-0.2, -0.15) is 0 Å². The summed E-state index contributed by atoms with van der Waals surface area (Å²) in [5.74, 6) is -0.214. The van der Waals surface area contributed by atoms with Crippen molar-refractivity contribution < 1.29 is 19.4 Å². The van der Waals surface area contributed by atoms with Gasteiger partial charge in [0.15, 0.2) is 0 Å². The SMILES string of the molecule is COc1ccc(N2CCN(C(=O)C3=C(C(=O)O)CCCC3)CC2)cc1. The summed E-state index contributed by atoms with van der Waals surface area (Å²) in [4.78, 5) is 28.2. The first-order valence-electron chi connectivity index (χ1n) is 8.73. The number of carboxylic acid groups (broad SMARTS) is 1. The van der Waals surface area contributed by atoms with Gasteiger partial charge in [-0.15, -0.1) is 0 Å². The number of benzene rings is 1. The van der Waals surface area contributed by atoms with Crippen molar-refractivity contribution >= 4 is 17.6 Å². The van der Waals surface area contributed by atoms with Crippen molar-refractivity contribution in [2.24, 2.45) is 0 Å². The number of carbonyl (C=O) groups is 2. The molecule has 3 rings (SSSR count). The van der Waals surface area contributed by atoms with Crippen LogP contribution in [0.25, 0.3) is 0 Å². The summed E-state index contributed by atoms with van der Waals surface area (Å²) in [6.07, 6.45) is 2.83. The average Bonchev–Trinajstić information content (AvgIpc) is 2.67. The van der Waals surface area contributed by atoms with Gasteiger partial charge in [-0.25, -0.2) is 4.79 Å². The molecule has 6 heteroatoms. The first-order chi connectivity index (χ1) is 12.1. The van der Waals surface area contributed by atoms with E-state index in [1.165, 1.54) is 0 Å². The molecule has 1 saturated heterocycles. The Labute approximate surface area is 147 Å². The lowest BCUT2D eigenvalue weighted by Gasteiger charge is -2.37. The van der Waals surface area contributed by atoms with Crippen LogP contribution in [0.5, 0.6) is 5.75 Å². The third-order valence-corrected chi connectivity index (χ3v) is 4.99. The van der Waals surface area contributed by atoms with E-state index in [2.05, 4.69) is 4.90 Å². The smallest absolute Gasteiger partial charge is 0.332 e. The van der Waals surface area contributed by atoms with Gasteiger partial charge in [-0.1, -0.05) is 0 Å². The van der Waals surface area contributed by atoms with E-state index in [0.717, 1.165) is 37.4 Å². The second-order valence-electron chi connectivity index (χ2n) is 6.45. The predicted octanol–water partition coefficient (Wildman–Crippen LogP) is 2.30. The summed E-state index contributed by atoms with van der Waals surface area (Å²) in [6, 6.07) is 7.89. The molecule has 1 aromatic carbocycles. The molecule has 1 heterocycles. The molecule has 1 aliphatic carbocycles. The minimum Gasteiger partial charge on any atom is -0.497 e. The van der Waals surface area contributed by atoms with Crippen LogP contribution >= 0.6 is 0 Å². The highest BCUT2D eigenvalue weighted by Gasteiger charge is 2.29. The molecule has 0 bridgehead atoms. The number of ether oxygens (including phenoxy) is 1. The van der Waals surface area contributed by atoms with Gasteiger partial charge < -0.3 is 19.6 Å². The van der Waals surface area contributed by atoms with Gasteiger partial charge in [-0.3, -0.25) is 4.79 Å². The lowest BCUT2D eigenvalue weighted by Crippen LogP contribution is -2.49. The summed E-state index contributed by atoms with van der Waals surface area (Å²) in [7, 11) is 1.64. The maximum atomic E-state index is 12.8. The Morgan fingerprint density at radius 2 is 1.56 bits per heavy atom. The first kappa shape index (κ1) is 17.3. The first-order valence-corrected chi connectivity index (χ1v) is 8.73. The predicted molar refractivity (Wildman–Crippen MR) is 94.9 cm³/mol. The molecule has 6 nitrogen and oxygen atoms in total. The maximum absolute atomic E-state index is 12.8. The van der Waals surface area contributed by atoms with Crippen LogP contribution in [0, 0.1) is 0 Å². The van der Waals surface area contributed by atoms with Crippen molar-refractivity contribution in [3.63, 3.8) is 0 Å². The Morgan fingerprint density at radius 1 is 0.960 bits per heavy atom. The summed E-state index contributed by atoms with van der Waals surface area (Å²) in [5.41, 5.74) is 1.93. The van der Waals surface area contributed by atoms with Gasteiger partial charge in [-0.05, 0) is 49.9 Å². The Balaban J connectivity index is 1.65. The van der Waals surface area contributed by atoms with Gasteiger partial charge in [0.05, 0.1) is 7.11 Å². The van der Waals surface area contributed by atoms with E-state index in [1.54, 1.807) is 12.0 Å². The number of carboxylic acids is 1. The summed E-state index contributed by atoms with van der Waals surface area (Å²) in [6.45, 7) is 2.71. The van der Waals surface area contributed by atoms with Crippen LogP contribution < -0.4 is 9.64 Å². The van der Waals surface area contributed by atoms with E-state index < -0.39 is 5.97 Å². The monoisotopic (exact) mass is 344 g/mol. The number of hydrogen-bond acceptors (Lipinski definition) is 4. The van der Waals surface area contributed by atoms with E-state index in [4.69, 9.17) is 4.74 Å². The van der Waals surface area contributed by atoms with Crippen LogP contribution in [0.1, 0.15) is 25.7 Å². The molecule has 1 aromatic rings. The van der Waals surface area contributed by atoms with Crippen LogP contribution in [0.4, 0.5) is 5.69 Å². The van der Waals surface area contributed by atoms with Gasteiger partial charge in [0.1, 0.15) is 5.75 Å². The standard InChI is InChI=1S/C19H24N2O4/c1-25-15-8-6-14(7-9-15)20-10-12-21(13-11-20)18(22)16-4-2-3-5-17(16)19(23)24/h6-9H,2-5,10-13H2,1H3,(H,23,24). The Morgan fingerprint density at radius 3 is 2.12 bits per heavy atom. The second kappa shape index (κ2) is 7.59. The molecule has 0 atom stereocenters. The normalized spacial score (nSPS) is 18.3. The zero-order valence-corrected chi connectivity index (χ0v) is 14.5. The summed E-state index contributed by atoms with van der Waals surface area (Å²) in [5, 5.41) is 9.34. The summed E-state index contributed by atoms with van der Waals surface area (Å²) >= 11 is 0. The minimum absolute atomic E-state index is 0.0912. The van der Waals surface area contributed by atoms with E-state index in [1.807, 2.05) is 24.3 Å². The molecule has 25 heavy (non-hydrogen) atoms. The van der Waals surface area contributed by atoms with Gasteiger partial charge in [0.2, 0.25) is 5.91 Å². The minimum atomic E-state index is -0.945. The summed E-state index contributed by atoms with van der Waals surface area (Å²) < 4.78 is 5.18. The second-order valence-corrected chi connectivity index (χ2v) is 6.45. The van der Waals surface area contributed by atoms with Crippen molar-refractivity contribution in [3.05, 3.63) is 35.4 Å². The van der Waals surface area contributed by atoms with Crippen molar-refractivity contribution in [1.82, 2.24) is 4.90 Å². The number of rotatable bonds is 4. The highest BCUT2D eigenvalue weighted by atomic mass is 16.5.